The number of sulfonamides is 1. The molecule has 0 spiro atoms. The summed E-state index contributed by atoms with van der Waals surface area (Å²) in [5.41, 5.74) is 1.67. The maximum absolute atomic E-state index is 13.6. The molecule has 1 unspecified atom stereocenters. The number of nitrogens with zero attached hydrogens (tertiary/aromatic N) is 2. The molecule has 3 N–H and O–H groups in total. The normalized spacial score (nSPS) is 15.7. The summed E-state index contributed by atoms with van der Waals surface area (Å²) in [5.74, 6) is -0.0362. The molecule has 0 saturated heterocycles. The first kappa shape index (κ1) is 24.8. The van der Waals surface area contributed by atoms with Crippen LogP contribution in [0.15, 0.2) is 88.6 Å². The molecule has 10 nitrogen and oxygen atoms in total. The SMILES string of the molecule is O=C(NO)C1c2c([nH]n(-c3ccc(Cl)cc3)c2=O)CCN1S(=O)(=O)c1ccc(Oc2ccccc2)cc1. The molecule has 3 aromatic carbocycles. The number of hydroxylamine groups is 1. The zero-order chi connectivity index (χ0) is 26.2. The Balaban J connectivity index is 1.50. The molecule has 4 aromatic rings. The summed E-state index contributed by atoms with van der Waals surface area (Å²) < 4.78 is 35.1. The Morgan fingerprint density at radius 1 is 1.00 bits per heavy atom. The van der Waals surface area contributed by atoms with Gasteiger partial charge in [0, 0.05) is 23.7 Å². The van der Waals surface area contributed by atoms with E-state index in [1.54, 1.807) is 36.4 Å². The number of aromatic amines is 1. The number of carbonyl (C=O) groups is 1. The number of benzene rings is 3. The fraction of sp³-hybridized carbons (Fsp3) is 0.120. The second-order valence-corrected chi connectivity index (χ2v) is 10.6. The standard InChI is InChI=1S/C25H21ClN4O6S/c26-16-6-8-17(9-7-16)30-25(32)22-21(27-30)14-15-29(23(22)24(31)28-33)37(34,35)20-12-10-19(11-13-20)36-18-4-2-1-3-5-18/h1-13,23,27,33H,14-15H2,(H,28,31). The number of para-hydroxylation sites is 1. The van der Waals surface area contributed by atoms with E-state index in [0.717, 1.165) is 4.31 Å². The third kappa shape index (κ3) is 4.65. The van der Waals surface area contributed by atoms with Crippen molar-refractivity contribution in [2.45, 2.75) is 17.4 Å². The monoisotopic (exact) mass is 540 g/mol. The summed E-state index contributed by atoms with van der Waals surface area (Å²) in [6.45, 7) is -0.101. The second kappa shape index (κ2) is 9.87. The van der Waals surface area contributed by atoms with Crippen LogP contribution in [0.1, 0.15) is 17.3 Å². The Morgan fingerprint density at radius 3 is 2.30 bits per heavy atom. The molecule has 0 aliphatic carbocycles. The van der Waals surface area contributed by atoms with Gasteiger partial charge >= 0.3 is 0 Å². The molecule has 1 aliphatic rings. The van der Waals surface area contributed by atoms with Gasteiger partial charge in [-0.1, -0.05) is 29.8 Å². The van der Waals surface area contributed by atoms with Crippen molar-refractivity contribution in [3.63, 3.8) is 0 Å². The Labute approximate surface area is 216 Å². The van der Waals surface area contributed by atoms with Crippen LogP contribution >= 0.6 is 11.6 Å². The zero-order valence-corrected chi connectivity index (χ0v) is 20.7. The molecule has 0 bridgehead atoms. The molecule has 2 heterocycles. The summed E-state index contributed by atoms with van der Waals surface area (Å²) >= 11 is 5.94. The Morgan fingerprint density at radius 2 is 1.65 bits per heavy atom. The van der Waals surface area contributed by atoms with E-state index in [4.69, 9.17) is 16.3 Å². The minimum atomic E-state index is -4.25. The number of carbonyl (C=O) groups excluding carboxylic acids is 1. The molecule has 0 radical (unpaired) electrons. The molecule has 1 atom stereocenters. The minimum Gasteiger partial charge on any atom is -0.457 e. The smallest absolute Gasteiger partial charge is 0.276 e. The van der Waals surface area contributed by atoms with Crippen LogP contribution in [0.2, 0.25) is 5.02 Å². The molecule has 0 saturated carbocycles. The molecule has 12 heteroatoms. The lowest BCUT2D eigenvalue weighted by molar-refractivity contribution is -0.133. The van der Waals surface area contributed by atoms with E-state index in [9.17, 15) is 23.2 Å². The van der Waals surface area contributed by atoms with Crippen molar-refractivity contribution in [3.8, 4) is 17.2 Å². The number of H-pyrrole nitrogens is 1. The highest BCUT2D eigenvalue weighted by Gasteiger charge is 2.43. The number of rotatable bonds is 6. The van der Waals surface area contributed by atoms with E-state index in [1.807, 2.05) is 18.2 Å². The lowest BCUT2D eigenvalue weighted by Gasteiger charge is -2.32. The van der Waals surface area contributed by atoms with Crippen LogP contribution in [-0.2, 0) is 21.2 Å². The van der Waals surface area contributed by atoms with Gasteiger partial charge < -0.3 is 4.74 Å². The first-order chi connectivity index (χ1) is 17.8. The lowest BCUT2D eigenvalue weighted by Crippen LogP contribution is -2.48. The number of hydrogen-bond donors (Lipinski definition) is 3. The fourth-order valence-electron chi connectivity index (χ4n) is 4.26. The van der Waals surface area contributed by atoms with Crippen LogP contribution in [0.25, 0.3) is 5.69 Å². The van der Waals surface area contributed by atoms with E-state index in [-0.39, 0.29) is 23.4 Å². The number of fused-ring (bicyclic) bond motifs is 1. The van der Waals surface area contributed by atoms with Crippen molar-refractivity contribution in [1.29, 1.82) is 0 Å². The third-order valence-electron chi connectivity index (χ3n) is 6.00. The van der Waals surface area contributed by atoms with Gasteiger partial charge in [0.2, 0.25) is 10.0 Å². The summed E-state index contributed by atoms with van der Waals surface area (Å²) in [7, 11) is -4.25. The van der Waals surface area contributed by atoms with Crippen LogP contribution in [-0.4, -0.2) is 40.2 Å². The van der Waals surface area contributed by atoms with Crippen LogP contribution in [0.4, 0.5) is 0 Å². The quantitative estimate of drug-likeness (QED) is 0.253. The van der Waals surface area contributed by atoms with Gasteiger partial charge in [-0.3, -0.25) is 19.9 Å². The predicted octanol–water partition coefficient (Wildman–Crippen LogP) is 3.40. The number of amides is 1. The number of halogens is 1. The first-order valence-electron chi connectivity index (χ1n) is 11.2. The highest BCUT2D eigenvalue weighted by molar-refractivity contribution is 7.89. The van der Waals surface area contributed by atoms with Crippen LogP contribution in [0, 0.1) is 0 Å². The molecule has 1 aliphatic heterocycles. The number of nitrogens with one attached hydrogen (secondary N) is 2. The lowest BCUT2D eigenvalue weighted by atomic mass is 10.0. The largest absolute Gasteiger partial charge is 0.457 e. The number of hydrogen-bond acceptors (Lipinski definition) is 6. The van der Waals surface area contributed by atoms with E-state index in [1.165, 1.54) is 34.4 Å². The maximum Gasteiger partial charge on any atom is 0.276 e. The van der Waals surface area contributed by atoms with E-state index in [2.05, 4.69) is 5.10 Å². The number of aromatic nitrogens is 2. The van der Waals surface area contributed by atoms with Gasteiger partial charge in [0.15, 0.2) is 0 Å². The predicted molar refractivity (Wildman–Crippen MR) is 135 cm³/mol. The van der Waals surface area contributed by atoms with E-state index >= 15 is 0 Å². The van der Waals surface area contributed by atoms with Gasteiger partial charge in [0.05, 0.1) is 16.1 Å². The average Bonchev–Trinajstić information content (AvgIpc) is 3.25. The van der Waals surface area contributed by atoms with Gasteiger partial charge in [-0.25, -0.2) is 18.6 Å². The van der Waals surface area contributed by atoms with Crippen molar-refractivity contribution in [2.24, 2.45) is 0 Å². The second-order valence-electron chi connectivity index (χ2n) is 8.25. The zero-order valence-electron chi connectivity index (χ0n) is 19.2. The van der Waals surface area contributed by atoms with Crippen LogP contribution in [0.5, 0.6) is 11.5 Å². The van der Waals surface area contributed by atoms with Gasteiger partial charge in [0.1, 0.15) is 17.5 Å². The van der Waals surface area contributed by atoms with Crippen molar-refractivity contribution in [1.82, 2.24) is 19.6 Å². The van der Waals surface area contributed by atoms with Crippen LogP contribution < -0.4 is 15.8 Å². The molecule has 5 rings (SSSR count). The Hall–Kier alpha value is -3.90. The third-order valence-corrected chi connectivity index (χ3v) is 8.13. The minimum absolute atomic E-state index is 0.0691. The van der Waals surface area contributed by atoms with Crippen LogP contribution in [0.3, 0.4) is 0 Å². The molecule has 37 heavy (non-hydrogen) atoms. The van der Waals surface area contributed by atoms with Gasteiger partial charge in [-0.15, -0.1) is 0 Å². The molecular weight excluding hydrogens is 520 g/mol. The Kier molecular flexibility index (Phi) is 6.61. The summed E-state index contributed by atoms with van der Waals surface area (Å²) in [5, 5.41) is 12.8. The fourth-order valence-corrected chi connectivity index (χ4v) is 5.94. The van der Waals surface area contributed by atoms with E-state index < -0.39 is 27.5 Å². The van der Waals surface area contributed by atoms with Crippen molar-refractivity contribution >= 4 is 27.5 Å². The summed E-state index contributed by atoms with van der Waals surface area (Å²) in [6, 6.07) is 19.6. The van der Waals surface area contributed by atoms with Gasteiger partial charge in [-0.2, -0.15) is 4.31 Å². The molecule has 1 aromatic heterocycles. The molecular formula is C25H21ClN4O6S. The summed E-state index contributed by atoms with van der Waals surface area (Å²) in [4.78, 5) is 26.0. The molecule has 1 amide bonds. The molecule has 0 fully saturated rings. The average molecular weight is 541 g/mol. The highest BCUT2D eigenvalue weighted by atomic mass is 35.5. The van der Waals surface area contributed by atoms with Crippen molar-refractivity contribution in [3.05, 3.63) is 105 Å². The van der Waals surface area contributed by atoms with Gasteiger partial charge in [-0.05, 0) is 60.7 Å². The topological polar surface area (TPSA) is 134 Å². The number of ether oxygens (including phenoxy) is 1. The van der Waals surface area contributed by atoms with Crippen molar-refractivity contribution < 1.29 is 23.2 Å². The highest BCUT2D eigenvalue weighted by Crippen LogP contribution is 2.33. The first-order valence-corrected chi connectivity index (χ1v) is 13.0. The van der Waals surface area contributed by atoms with Gasteiger partial charge in [0.25, 0.3) is 11.5 Å². The van der Waals surface area contributed by atoms with E-state index in [0.29, 0.717) is 27.9 Å². The Bertz CT molecular complexity index is 1600. The van der Waals surface area contributed by atoms with Crippen molar-refractivity contribution in [2.75, 3.05) is 6.54 Å². The maximum atomic E-state index is 13.6. The molecule has 190 valence electrons. The summed E-state index contributed by atoms with van der Waals surface area (Å²) in [6.07, 6.45) is 0.148.